The van der Waals surface area contributed by atoms with Crippen LogP contribution in [0.15, 0.2) is 46.9 Å². The minimum atomic E-state index is -0.174. The maximum Gasteiger partial charge on any atom is 0.135 e. The molecular formula is C22H22BrFN2O. The number of hydrogen-bond donors (Lipinski definition) is 0. The molecule has 0 N–H and O–H groups in total. The molecule has 3 aromatic rings. The summed E-state index contributed by atoms with van der Waals surface area (Å²) in [6, 6.07) is 14.0. The number of hydrogen-bond acceptors (Lipinski definition) is 2. The molecular weight excluding hydrogens is 407 g/mol. The fraction of sp³-hybridized carbons (Fsp3) is 0.409. The van der Waals surface area contributed by atoms with Gasteiger partial charge in [0.25, 0.3) is 0 Å². The van der Waals surface area contributed by atoms with E-state index in [4.69, 9.17) is 9.84 Å². The fourth-order valence-electron chi connectivity index (χ4n) is 4.27. The van der Waals surface area contributed by atoms with Crippen molar-refractivity contribution in [3.63, 3.8) is 0 Å². The zero-order valence-corrected chi connectivity index (χ0v) is 16.7. The maximum absolute atomic E-state index is 14.7. The Bertz CT molecular complexity index is 967. The zero-order chi connectivity index (χ0) is 18.4. The first-order valence-corrected chi connectivity index (χ1v) is 10.5. The van der Waals surface area contributed by atoms with E-state index < -0.39 is 0 Å². The highest BCUT2D eigenvalue weighted by atomic mass is 79.9. The van der Waals surface area contributed by atoms with Gasteiger partial charge in [-0.2, -0.15) is 5.10 Å². The molecule has 2 fully saturated rings. The summed E-state index contributed by atoms with van der Waals surface area (Å²) in [4.78, 5) is 0. The summed E-state index contributed by atoms with van der Waals surface area (Å²) in [6.45, 7) is 0.606. The van der Waals surface area contributed by atoms with Gasteiger partial charge in [0, 0.05) is 10.4 Å². The molecule has 5 rings (SSSR count). The van der Waals surface area contributed by atoms with E-state index in [-0.39, 0.29) is 18.0 Å². The largest absolute Gasteiger partial charge is 0.371 e. The Morgan fingerprint density at radius 2 is 1.93 bits per heavy atom. The van der Waals surface area contributed by atoms with Crippen LogP contribution in [0, 0.1) is 5.82 Å². The number of nitrogens with zero attached hydrogens (tertiary/aromatic N) is 2. The van der Waals surface area contributed by atoms with Gasteiger partial charge < -0.3 is 4.74 Å². The van der Waals surface area contributed by atoms with E-state index in [1.165, 1.54) is 5.56 Å². The number of halogens is 2. The average Bonchev–Trinajstić information content (AvgIpc) is 3.28. The normalized spacial score (nSPS) is 22.6. The van der Waals surface area contributed by atoms with Crippen LogP contribution in [0.4, 0.5) is 4.39 Å². The first kappa shape index (κ1) is 17.4. The van der Waals surface area contributed by atoms with Crippen LogP contribution >= 0.6 is 15.9 Å². The van der Waals surface area contributed by atoms with Crippen molar-refractivity contribution in [3.05, 3.63) is 64.0 Å². The lowest BCUT2D eigenvalue weighted by atomic mass is 10.1. The summed E-state index contributed by atoms with van der Waals surface area (Å²) in [5.74, 6) is 0.238. The van der Waals surface area contributed by atoms with Gasteiger partial charge in [-0.15, -0.1) is 0 Å². The first-order chi connectivity index (χ1) is 13.2. The van der Waals surface area contributed by atoms with E-state index in [2.05, 4.69) is 32.7 Å². The zero-order valence-electron chi connectivity index (χ0n) is 15.1. The Kier molecular flexibility index (Phi) is 4.52. The van der Waals surface area contributed by atoms with Crippen molar-refractivity contribution in [1.29, 1.82) is 0 Å². The third-order valence-corrected chi connectivity index (χ3v) is 6.21. The molecule has 0 bridgehead atoms. The molecule has 27 heavy (non-hydrogen) atoms. The molecule has 2 saturated carbocycles. The number of rotatable bonds is 5. The van der Waals surface area contributed by atoms with Crippen molar-refractivity contribution in [2.75, 3.05) is 0 Å². The Morgan fingerprint density at radius 1 is 1.11 bits per heavy atom. The van der Waals surface area contributed by atoms with Gasteiger partial charge in [0.15, 0.2) is 0 Å². The Morgan fingerprint density at radius 3 is 2.70 bits per heavy atom. The predicted molar refractivity (Wildman–Crippen MR) is 107 cm³/mol. The van der Waals surface area contributed by atoms with Gasteiger partial charge in [-0.05, 0) is 49.8 Å². The monoisotopic (exact) mass is 428 g/mol. The molecule has 0 saturated heterocycles. The quantitative estimate of drug-likeness (QED) is 0.488. The summed E-state index contributed by atoms with van der Waals surface area (Å²) in [5.41, 5.74) is 3.01. The van der Waals surface area contributed by atoms with Crippen molar-refractivity contribution < 1.29 is 9.13 Å². The second-order valence-electron chi connectivity index (χ2n) is 7.72. The summed E-state index contributed by atoms with van der Waals surface area (Å²) in [5, 5.41) is 5.62. The summed E-state index contributed by atoms with van der Waals surface area (Å²) >= 11 is 3.45. The number of ether oxygens (including phenoxy) is 1. The van der Waals surface area contributed by atoms with Gasteiger partial charge in [-0.3, -0.25) is 4.68 Å². The molecule has 2 aliphatic rings. The van der Waals surface area contributed by atoms with Crippen LogP contribution < -0.4 is 0 Å². The van der Waals surface area contributed by atoms with Gasteiger partial charge in [0.05, 0.1) is 35.3 Å². The minimum Gasteiger partial charge on any atom is -0.371 e. The molecule has 1 heterocycles. The van der Waals surface area contributed by atoms with Crippen LogP contribution in [0.25, 0.3) is 10.9 Å². The van der Waals surface area contributed by atoms with Gasteiger partial charge >= 0.3 is 0 Å². The minimum absolute atomic E-state index is 0.113. The van der Waals surface area contributed by atoms with Crippen molar-refractivity contribution in [2.45, 2.75) is 56.8 Å². The Labute approximate surface area is 166 Å². The molecule has 0 unspecified atom stereocenters. The molecule has 0 radical (unpaired) electrons. The molecule has 5 heteroatoms. The maximum atomic E-state index is 14.7. The molecule has 2 aromatic carbocycles. The van der Waals surface area contributed by atoms with Gasteiger partial charge in [-0.25, -0.2) is 4.39 Å². The second kappa shape index (κ2) is 7.02. The molecule has 1 aromatic heterocycles. The molecule has 2 aliphatic carbocycles. The highest BCUT2D eigenvalue weighted by molar-refractivity contribution is 9.10. The van der Waals surface area contributed by atoms with Crippen LogP contribution in [-0.4, -0.2) is 15.9 Å². The summed E-state index contributed by atoms with van der Waals surface area (Å²) in [7, 11) is 0. The number of benzene rings is 2. The van der Waals surface area contributed by atoms with Crippen molar-refractivity contribution in [3.8, 4) is 0 Å². The summed E-state index contributed by atoms with van der Waals surface area (Å²) < 4.78 is 23.8. The van der Waals surface area contributed by atoms with Crippen molar-refractivity contribution in [1.82, 2.24) is 9.78 Å². The third kappa shape index (κ3) is 3.32. The second-order valence-corrected chi connectivity index (χ2v) is 8.63. The van der Waals surface area contributed by atoms with E-state index in [9.17, 15) is 4.39 Å². The molecule has 2 atom stereocenters. The topological polar surface area (TPSA) is 27.1 Å². The van der Waals surface area contributed by atoms with E-state index in [1.807, 2.05) is 24.3 Å². The van der Waals surface area contributed by atoms with E-state index in [1.54, 1.807) is 6.07 Å². The van der Waals surface area contributed by atoms with Gasteiger partial charge in [0.1, 0.15) is 5.82 Å². The Hall–Kier alpha value is -1.72. The van der Waals surface area contributed by atoms with Gasteiger partial charge in [0.2, 0.25) is 0 Å². The lowest BCUT2D eigenvalue weighted by molar-refractivity contribution is 0.0176. The highest BCUT2D eigenvalue weighted by Gasteiger charge is 2.36. The third-order valence-electron chi connectivity index (χ3n) is 5.76. The number of aromatic nitrogens is 2. The first-order valence-electron chi connectivity index (χ1n) is 9.73. The smallest absolute Gasteiger partial charge is 0.135 e. The van der Waals surface area contributed by atoms with E-state index in [0.29, 0.717) is 17.9 Å². The van der Waals surface area contributed by atoms with Crippen LogP contribution in [0.2, 0.25) is 0 Å². The van der Waals surface area contributed by atoms with Crippen LogP contribution in [0.1, 0.15) is 55.3 Å². The molecule has 0 spiro atoms. The molecule has 3 nitrogen and oxygen atoms in total. The molecule has 0 amide bonds. The average molecular weight is 429 g/mol. The Balaban J connectivity index is 1.48. The van der Waals surface area contributed by atoms with Crippen molar-refractivity contribution in [2.24, 2.45) is 0 Å². The standard InChI is InChI=1S/C22H22BrFN2O/c23-16-11-17(24)21-19(12-16)26(25-22(21)15-9-10-15)18-7-4-8-20(18)27-13-14-5-2-1-3-6-14/h1-3,5-6,11-12,15,18,20H,4,7-10,13H2/t18-,20-/m1/s1. The predicted octanol–water partition coefficient (Wildman–Crippen LogP) is 6.13. The van der Waals surface area contributed by atoms with Gasteiger partial charge in [-0.1, -0.05) is 46.3 Å². The lowest BCUT2D eigenvalue weighted by Crippen LogP contribution is -2.23. The lowest BCUT2D eigenvalue weighted by Gasteiger charge is -2.22. The van der Waals surface area contributed by atoms with Crippen LogP contribution in [-0.2, 0) is 11.3 Å². The van der Waals surface area contributed by atoms with Crippen LogP contribution in [0.5, 0.6) is 0 Å². The summed E-state index contributed by atoms with van der Waals surface area (Å²) in [6.07, 6.45) is 5.49. The highest BCUT2D eigenvalue weighted by Crippen LogP contribution is 2.45. The SMILES string of the molecule is Fc1cc(Br)cc2c1c(C1CC1)nn2[C@@H]1CCC[C@H]1OCc1ccccc1. The van der Waals surface area contributed by atoms with E-state index in [0.717, 1.165) is 47.8 Å². The van der Waals surface area contributed by atoms with E-state index >= 15 is 0 Å². The van der Waals surface area contributed by atoms with Crippen LogP contribution in [0.3, 0.4) is 0 Å². The molecule has 140 valence electrons. The van der Waals surface area contributed by atoms with Crippen molar-refractivity contribution >= 4 is 26.8 Å². The fourth-order valence-corrected chi connectivity index (χ4v) is 4.69. The molecule has 0 aliphatic heterocycles. The number of fused-ring (bicyclic) bond motifs is 1.